The Bertz CT molecular complexity index is 1280. The molecule has 4 heterocycles. The van der Waals surface area contributed by atoms with Crippen LogP contribution in [0.2, 0.25) is 0 Å². The van der Waals surface area contributed by atoms with E-state index in [1.165, 1.54) is 17.3 Å². The second-order valence-electron chi connectivity index (χ2n) is 7.78. The van der Waals surface area contributed by atoms with Crippen LogP contribution in [0.15, 0.2) is 81.9 Å². The molecule has 1 aliphatic heterocycles. The predicted octanol–water partition coefficient (Wildman–Crippen LogP) is 4.25. The van der Waals surface area contributed by atoms with E-state index >= 15 is 0 Å². The SMILES string of the molecule is Cc1ccc(C2=NN(C(=O)CSc3nnc(-c4ccncc4)n3C)C(c3ccco3)C2)cc1. The molecule has 1 atom stereocenters. The van der Waals surface area contributed by atoms with Crippen molar-refractivity contribution in [1.82, 2.24) is 24.8 Å². The highest BCUT2D eigenvalue weighted by Crippen LogP contribution is 2.34. The average molecular weight is 459 g/mol. The lowest BCUT2D eigenvalue weighted by Crippen LogP contribution is -2.28. The van der Waals surface area contributed by atoms with Crippen molar-refractivity contribution in [2.24, 2.45) is 12.1 Å². The summed E-state index contributed by atoms with van der Waals surface area (Å²) in [6.07, 6.45) is 5.65. The first kappa shape index (κ1) is 21.1. The molecule has 1 amide bonds. The molecule has 0 aliphatic carbocycles. The highest BCUT2D eigenvalue weighted by molar-refractivity contribution is 7.99. The van der Waals surface area contributed by atoms with E-state index in [1.54, 1.807) is 23.7 Å². The number of hydrazone groups is 1. The molecule has 3 aromatic heterocycles. The third kappa shape index (κ3) is 4.31. The molecule has 1 aromatic carbocycles. The first-order chi connectivity index (χ1) is 16.1. The molecule has 0 saturated carbocycles. The molecule has 1 unspecified atom stereocenters. The summed E-state index contributed by atoms with van der Waals surface area (Å²) in [6.45, 7) is 2.05. The van der Waals surface area contributed by atoms with Gasteiger partial charge >= 0.3 is 0 Å². The minimum absolute atomic E-state index is 0.114. The fraction of sp³-hybridized carbons (Fsp3) is 0.208. The van der Waals surface area contributed by atoms with Crippen molar-refractivity contribution in [3.8, 4) is 11.4 Å². The van der Waals surface area contributed by atoms with E-state index in [4.69, 9.17) is 9.52 Å². The van der Waals surface area contributed by atoms with Crippen molar-refractivity contribution in [1.29, 1.82) is 0 Å². The summed E-state index contributed by atoms with van der Waals surface area (Å²) in [6, 6.07) is 15.4. The van der Waals surface area contributed by atoms with Crippen molar-refractivity contribution < 1.29 is 9.21 Å². The third-order valence-corrected chi connectivity index (χ3v) is 6.53. The largest absolute Gasteiger partial charge is 0.467 e. The molecule has 4 aromatic rings. The Morgan fingerprint density at radius 2 is 1.88 bits per heavy atom. The van der Waals surface area contributed by atoms with Gasteiger partial charge in [0.2, 0.25) is 0 Å². The highest BCUT2D eigenvalue weighted by atomic mass is 32.2. The summed E-state index contributed by atoms with van der Waals surface area (Å²) in [7, 11) is 1.89. The van der Waals surface area contributed by atoms with Crippen LogP contribution in [0.4, 0.5) is 0 Å². The molecule has 0 saturated heterocycles. The van der Waals surface area contributed by atoms with Crippen molar-refractivity contribution >= 4 is 23.4 Å². The van der Waals surface area contributed by atoms with Gasteiger partial charge in [0.25, 0.3) is 5.91 Å². The Labute approximate surface area is 195 Å². The number of nitrogens with zero attached hydrogens (tertiary/aromatic N) is 6. The normalized spacial score (nSPS) is 15.6. The summed E-state index contributed by atoms with van der Waals surface area (Å²) >= 11 is 1.34. The molecule has 0 radical (unpaired) electrons. The van der Waals surface area contributed by atoms with E-state index in [1.807, 2.05) is 54.9 Å². The Morgan fingerprint density at radius 1 is 1.09 bits per heavy atom. The van der Waals surface area contributed by atoms with Gasteiger partial charge in [-0.05, 0) is 36.8 Å². The summed E-state index contributed by atoms with van der Waals surface area (Å²) < 4.78 is 7.51. The van der Waals surface area contributed by atoms with Gasteiger partial charge < -0.3 is 8.98 Å². The third-order valence-electron chi connectivity index (χ3n) is 5.52. The maximum atomic E-state index is 13.2. The Balaban J connectivity index is 1.35. The molecular weight excluding hydrogens is 436 g/mol. The minimum Gasteiger partial charge on any atom is -0.467 e. The predicted molar refractivity (Wildman–Crippen MR) is 126 cm³/mol. The van der Waals surface area contributed by atoms with Gasteiger partial charge in [0.15, 0.2) is 11.0 Å². The van der Waals surface area contributed by atoms with E-state index in [9.17, 15) is 4.79 Å². The maximum Gasteiger partial charge on any atom is 0.253 e. The molecule has 33 heavy (non-hydrogen) atoms. The lowest BCUT2D eigenvalue weighted by atomic mass is 10.0. The standard InChI is InChI=1S/C24H22N6O2S/c1-16-5-7-17(8-6-16)19-14-20(21-4-3-13-32-21)30(28-19)22(31)15-33-24-27-26-23(29(24)2)18-9-11-25-12-10-18/h3-13,20H,14-15H2,1-2H3. The molecule has 166 valence electrons. The van der Waals surface area contributed by atoms with Crippen molar-refractivity contribution in [2.75, 3.05) is 5.75 Å². The number of rotatable bonds is 6. The number of carbonyl (C=O) groups is 1. The quantitative estimate of drug-likeness (QED) is 0.401. The first-order valence-corrected chi connectivity index (χ1v) is 11.5. The van der Waals surface area contributed by atoms with Crippen LogP contribution >= 0.6 is 11.8 Å². The zero-order chi connectivity index (χ0) is 22.8. The van der Waals surface area contributed by atoms with Crippen molar-refractivity contribution in [3.05, 3.63) is 84.1 Å². The summed E-state index contributed by atoms with van der Waals surface area (Å²) in [5, 5.41) is 15.4. The Kier molecular flexibility index (Phi) is 5.78. The van der Waals surface area contributed by atoms with Gasteiger partial charge in [-0.3, -0.25) is 9.78 Å². The second kappa shape index (κ2) is 9.03. The Hall–Kier alpha value is -3.72. The van der Waals surface area contributed by atoms with Crippen LogP contribution < -0.4 is 0 Å². The van der Waals surface area contributed by atoms with Gasteiger partial charge in [0.05, 0.1) is 17.7 Å². The van der Waals surface area contributed by atoms with E-state index in [0.717, 1.165) is 28.4 Å². The van der Waals surface area contributed by atoms with Crippen LogP contribution in [0.3, 0.4) is 0 Å². The molecule has 5 rings (SSSR count). The van der Waals surface area contributed by atoms with Crippen LogP contribution in [-0.4, -0.2) is 42.1 Å². The van der Waals surface area contributed by atoms with Crippen molar-refractivity contribution in [3.63, 3.8) is 0 Å². The molecule has 0 fully saturated rings. The number of amides is 1. The molecule has 0 N–H and O–H groups in total. The number of hydrogen-bond donors (Lipinski definition) is 0. The van der Waals surface area contributed by atoms with Gasteiger partial charge in [0.1, 0.15) is 11.8 Å². The number of pyridine rings is 1. The maximum absolute atomic E-state index is 13.2. The lowest BCUT2D eigenvalue weighted by Gasteiger charge is -2.19. The number of furan rings is 1. The van der Waals surface area contributed by atoms with Gasteiger partial charge in [-0.1, -0.05) is 41.6 Å². The van der Waals surface area contributed by atoms with Gasteiger partial charge in [-0.15, -0.1) is 10.2 Å². The zero-order valence-corrected chi connectivity index (χ0v) is 19.1. The number of benzene rings is 1. The van der Waals surface area contributed by atoms with E-state index < -0.39 is 0 Å². The average Bonchev–Trinajstić information content (AvgIpc) is 3.59. The summed E-state index contributed by atoms with van der Waals surface area (Å²) in [4.78, 5) is 17.3. The number of aryl methyl sites for hydroxylation is 1. The van der Waals surface area contributed by atoms with Gasteiger partial charge in [0, 0.05) is 31.4 Å². The fourth-order valence-electron chi connectivity index (χ4n) is 3.75. The molecule has 9 heteroatoms. The highest BCUT2D eigenvalue weighted by Gasteiger charge is 2.35. The number of carbonyl (C=O) groups excluding carboxylic acids is 1. The van der Waals surface area contributed by atoms with E-state index in [-0.39, 0.29) is 17.7 Å². The molecule has 0 spiro atoms. The summed E-state index contributed by atoms with van der Waals surface area (Å²) in [5.74, 6) is 1.51. The summed E-state index contributed by atoms with van der Waals surface area (Å²) in [5.41, 5.74) is 3.98. The van der Waals surface area contributed by atoms with Gasteiger partial charge in [-0.2, -0.15) is 5.10 Å². The monoisotopic (exact) mass is 458 g/mol. The fourth-order valence-corrected chi connectivity index (χ4v) is 4.51. The van der Waals surface area contributed by atoms with Crippen LogP contribution in [-0.2, 0) is 11.8 Å². The molecule has 8 nitrogen and oxygen atoms in total. The molecule has 0 bridgehead atoms. The number of aromatic nitrogens is 4. The van der Waals surface area contributed by atoms with Gasteiger partial charge in [-0.25, -0.2) is 5.01 Å². The van der Waals surface area contributed by atoms with Crippen LogP contribution in [0.25, 0.3) is 11.4 Å². The van der Waals surface area contributed by atoms with Crippen LogP contribution in [0.1, 0.15) is 29.3 Å². The molecule has 1 aliphatic rings. The topological polar surface area (TPSA) is 89.4 Å². The smallest absolute Gasteiger partial charge is 0.253 e. The van der Waals surface area contributed by atoms with Crippen LogP contribution in [0, 0.1) is 6.92 Å². The van der Waals surface area contributed by atoms with Crippen molar-refractivity contribution in [2.45, 2.75) is 24.5 Å². The van der Waals surface area contributed by atoms with E-state index in [2.05, 4.69) is 27.3 Å². The lowest BCUT2D eigenvalue weighted by molar-refractivity contribution is -0.130. The number of hydrogen-bond acceptors (Lipinski definition) is 7. The first-order valence-electron chi connectivity index (χ1n) is 10.5. The zero-order valence-electron chi connectivity index (χ0n) is 18.3. The Morgan fingerprint density at radius 3 is 2.61 bits per heavy atom. The second-order valence-corrected chi connectivity index (χ2v) is 8.72. The van der Waals surface area contributed by atoms with E-state index in [0.29, 0.717) is 11.6 Å². The minimum atomic E-state index is -0.267. The molecular formula is C24H22N6O2S. The number of thioether (sulfide) groups is 1. The van der Waals surface area contributed by atoms with Crippen LogP contribution in [0.5, 0.6) is 0 Å².